The molecule has 0 aromatic carbocycles. The summed E-state index contributed by atoms with van der Waals surface area (Å²) >= 11 is 5.34. The second-order valence-corrected chi connectivity index (χ2v) is 5.89. The number of aromatic nitrogens is 1. The highest BCUT2D eigenvalue weighted by molar-refractivity contribution is 9.10. The highest BCUT2D eigenvalue weighted by Crippen LogP contribution is 2.31. The van der Waals surface area contributed by atoms with Crippen molar-refractivity contribution in [2.75, 3.05) is 6.54 Å². The highest BCUT2D eigenvalue weighted by atomic mass is 79.9. The Hall–Kier alpha value is -0.710. The van der Waals surface area contributed by atoms with Gasteiger partial charge >= 0.3 is 0 Å². The monoisotopic (exact) mass is 324 g/mol. The summed E-state index contributed by atoms with van der Waals surface area (Å²) in [7, 11) is 0. The molecule has 0 aliphatic carbocycles. The Balaban J connectivity index is 2.30. The van der Waals surface area contributed by atoms with Crippen LogP contribution < -0.4 is 5.32 Å². The molecule has 0 saturated heterocycles. The molecule has 0 aliphatic heterocycles. The van der Waals surface area contributed by atoms with Crippen LogP contribution in [0.25, 0.3) is 0 Å². The average molecular weight is 325 g/mol. The smallest absolute Gasteiger partial charge is 0.0611 e. The summed E-state index contributed by atoms with van der Waals surface area (Å²) in [4.78, 5) is 4.40. The fourth-order valence-electron chi connectivity index (χ4n) is 1.84. The fourth-order valence-corrected chi connectivity index (χ4v) is 3.40. The lowest BCUT2D eigenvalue weighted by molar-refractivity contribution is 0.596. The van der Waals surface area contributed by atoms with Crippen molar-refractivity contribution in [2.45, 2.75) is 26.3 Å². The lowest BCUT2D eigenvalue weighted by atomic mass is 10.0. The predicted octanol–water partition coefficient (Wildman–Crippen LogP) is 4.30. The van der Waals surface area contributed by atoms with Crippen LogP contribution in [0.5, 0.6) is 0 Å². The maximum atomic E-state index is 4.40. The molecule has 96 valence electrons. The lowest BCUT2D eigenvalue weighted by Gasteiger charge is -2.18. The number of hydrogen-bond donors (Lipinski definition) is 1. The van der Waals surface area contributed by atoms with Crippen molar-refractivity contribution in [2.24, 2.45) is 0 Å². The van der Waals surface area contributed by atoms with Crippen LogP contribution in [0.4, 0.5) is 0 Å². The molecule has 0 saturated carbocycles. The van der Waals surface area contributed by atoms with Gasteiger partial charge in [0.1, 0.15) is 0 Å². The number of aryl methyl sites for hydroxylation is 1. The number of halogens is 1. The van der Waals surface area contributed by atoms with Gasteiger partial charge in [-0.1, -0.05) is 13.0 Å². The first-order valence-corrected chi connectivity index (χ1v) is 7.83. The van der Waals surface area contributed by atoms with Crippen LogP contribution in [-0.4, -0.2) is 11.5 Å². The van der Waals surface area contributed by atoms with E-state index in [2.05, 4.69) is 56.0 Å². The van der Waals surface area contributed by atoms with Crippen molar-refractivity contribution in [3.63, 3.8) is 0 Å². The average Bonchev–Trinajstić information content (AvgIpc) is 2.78. The Morgan fingerprint density at radius 2 is 2.22 bits per heavy atom. The van der Waals surface area contributed by atoms with Crippen molar-refractivity contribution >= 4 is 27.3 Å². The third-order valence-electron chi connectivity index (χ3n) is 2.82. The van der Waals surface area contributed by atoms with Crippen LogP contribution in [0.15, 0.2) is 33.6 Å². The SMILES string of the molecule is CCCNC(c1ccc(C)nc1)c1cscc1Br. The van der Waals surface area contributed by atoms with Crippen LogP contribution in [0.1, 0.15) is 36.2 Å². The molecule has 4 heteroatoms. The predicted molar refractivity (Wildman–Crippen MR) is 81.1 cm³/mol. The van der Waals surface area contributed by atoms with Crippen molar-refractivity contribution in [3.8, 4) is 0 Å². The van der Waals surface area contributed by atoms with Gasteiger partial charge in [0.05, 0.1) is 6.04 Å². The highest BCUT2D eigenvalue weighted by Gasteiger charge is 2.17. The first kappa shape index (κ1) is 13.7. The molecule has 0 amide bonds. The minimum absolute atomic E-state index is 0.221. The zero-order valence-electron chi connectivity index (χ0n) is 10.6. The Morgan fingerprint density at radius 3 is 2.78 bits per heavy atom. The van der Waals surface area contributed by atoms with Crippen LogP contribution >= 0.6 is 27.3 Å². The summed E-state index contributed by atoms with van der Waals surface area (Å²) in [6.45, 7) is 5.19. The van der Waals surface area contributed by atoms with Gasteiger partial charge in [-0.15, -0.1) is 0 Å². The van der Waals surface area contributed by atoms with Gasteiger partial charge in [-0.3, -0.25) is 4.98 Å². The maximum absolute atomic E-state index is 4.40. The topological polar surface area (TPSA) is 24.9 Å². The third-order valence-corrected chi connectivity index (χ3v) is 4.57. The van der Waals surface area contributed by atoms with Crippen molar-refractivity contribution in [1.29, 1.82) is 0 Å². The number of nitrogens with zero attached hydrogens (tertiary/aromatic N) is 1. The molecule has 1 unspecified atom stereocenters. The van der Waals surface area contributed by atoms with Gasteiger partial charge in [0.15, 0.2) is 0 Å². The second kappa shape index (κ2) is 6.45. The van der Waals surface area contributed by atoms with E-state index >= 15 is 0 Å². The molecule has 0 spiro atoms. The van der Waals surface area contributed by atoms with E-state index in [-0.39, 0.29) is 6.04 Å². The summed E-state index contributed by atoms with van der Waals surface area (Å²) in [6, 6.07) is 4.44. The molecule has 2 heterocycles. The quantitative estimate of drug-likeness (QED) is 0.886. The molecule has 2 aromatic heterocycles. The first-order chi connectivity index (χ1) is 8.72. The van der Waals surface area contributed by atoms with E-state index in [0.717, 1.165) is 18.7 Å². The standard InChI is InChI=1S/C14H17BrN2S/c1-3-6-16-14(12-8-18-9-13(12)15)11-5-4-10(2)17-7-11/h4-5,7-9,14,16H,3,6H2,1-2H3. The minimum atomic E-state index is 0.221. The van der Waals surface area contributed by atoms with Crippen LogP contribution in [0, 0.1) is 6.92 Å². The second-order valence-electron chi connectivity index (χ2n) is 4.30. The molecule has 1 N–H and O–H groups in total. The molecule has 1 atom stereocenters. The molecule has 18 heavy (non-hydrogen) atoms. The van der Waals surface area contributed by atoms with Crippen molar-refractivity contribution in [1.82, 2.24) is 10.3 Å². The van der Waals surface area contributed by atoms with Gasteiger partial charge in [0.2, 0.25) is 0 Å². The Kier molecular flexibility index (Phi) is 4.92. The number of pyridine rings is 1. The van der Waals surface area contributed by atoms with Gasteiger partial charge in [0.25, 0.3) is 0 Å². The molecule has 2 rings (SSSR count). The van der Waals surface area contributed by atoms with E-state index in [1.165, 1.54) is 15.6 Å². The molecule has 2 nitrogen and oxygen atoms in total. The Bertz CT molecular complexity index is 493. The van der Waals surface area contributed by atoms with E-state index in [9.17, 15) is 0 Å². The maximum Gasteiger partial charge on any atom is 0.0611 e. The molecule has 0 aliphatic rings. The zero-order valence-corrected chi connectivity index (χ0v) is 13.0. The summed E-state index contributed by atoms with van der Waals surface area (Å²) in [5.41, 5.74) is 3.56. The van der Waals surface area contributed by atoms with Crippen molar-refractivity contribution < 1.29 is 0 Å². The van der Waals surface area contributed by atoms with Crippen molar-refractivity contribution in [3.05, 3.63) is 50.4 Å². The first-order valence-electron chi connectivity index (χ1n) is 6.10. The summed E-state index contributed by atoms with van der Waals surface area (Å²) in [6.07, 6.45) is 3.09. The number of hydrogen-bond acceptors (Lipinski definition) is 3. The van der Waals surface area contributed by atoms with Gasteiger partial charge in [-0.2, -0.15) is 11.3 Å². The largest absolute Gasteiger partial charge is 0.306 e. The molecule has 2 aromatic rings. The fraction of sp³-hybridized carbons (Fsp3) is 0.357. The molecule has 0 radical (unpaired) electrons. The number of thiophene rings is 1. The van der Waals surface area contributed by atoms with E-state index in [1.807, 2.05) is 13.1 Å². The van der Waals surface area contributed by atoms with Crippen LogP contribution in [0.3, 0.4) is 0 Å². The molecule has 0 bridgehead atoms. The minimum Gasteiger partial charge on any atom is -0.306 e. The molecular weight excluding hydrogens is 308 g/mol. The molecular formula is C14H17BrN2S. The van der Waals surface area contributed by atoms with E-state index in [4.69, 9.17) is 0 Å². The van der Waals surface area contributed by atoms with Gasteiger partial charge < -0.3 is 5.32 Å². The zero-order chi connectivity index (χ0) is 13.0. The number of nitrogens with one attached hydrogen (secondary N) is 1. The Labute approximate surface area is 121 Å². The summed E-state index contributed by atoms with van der Waals surface area (Å²) in [5, 5.41) is 7.90. The van der Waals surface area contributed by atoms with E-state index in [1.54, 1.807) is 11.3 Å². The van der Waals surface area contributed by atoms with Crippen LogP contribution in [0.2, 0.25) is 0 Å². The summed E-state index contributed by atoms with van der Waals surface area (Å²) in [5.74, 6) is 0. The summed E-state index contributed by atoms with van der Waals surface area (Å²) < 4.78 is 1.17. The van der Waals surface area contributed by atoms with E-state index < -0.39 is 0 Å². The molecule has 0 fully saturated rings. The van der Waals surface area contributed by atoms with Gasteiger partial charge in [0, 0.05) is 21.7 Å². The third kappa shape index (κ3) is 3.19. The number of rotatable bonds is 5. The van der Waals surface area contributed by atoms with Crippen LogP contribution in [-0.2, 0) is 0 Å². The van der Waals surface area contributed by atoms with E-state index in [0.29, 0.717) is 0 Å². The normalized spacial score (nSPS) is 12.6. The lowest BCUT2D eigenvalue weighted by Crippen LogP contribution is -2.23. The Morgan fingerprint density at radius 1 is 1.39 bits per heavy atom. The van der Waals surface area contributed by atoms with Gasteiger partial charge in [-0.05, 0) is 58.4 Å². The van der Waals surface area contributed by atoms with Gasteiger partial charge in [-0.25, -0.2) is 0 Å².